The van der Waals surface area contributed by atoms with Gasteiger partial charge in [0.05, 0.1) is 18.4 Å². The van der Waals surface area contributed by atoms with Crippen LogP contribution in [0.5, 0.6) is 5.75 Å². The van der Waals surface area contributed by atoms with Crippen molar-refractivity contribution in [3.8, 4) is 5.75 Å². The van der Waals surface area contributed by atoms with E-state index in [9.17, 15) is 9.59 Å². The maximum atomic E-state index is 12.9. The van der Waals surface area contributed by atoms with Crippen molar-refractivity contribution in [3.05, 3.63) is 41.1 Å². The van der Waals surface area contributed by atoms with Gasteiger partial charge < -0.3 is 20.1 Å². The number of unbranched alkanes of at least 4 members (excludes halogenated alkanes) is 1. The average Bonchev–Trinajstić information content (AvgIpc) is 3.53. The molecule has 3 heterocycles. The summed E-state index contributed by atoms with van der Waals surface area (Å²) in [4.78, 5) is 25.4. The molecule has 2 aromatic rings. The van der Waals surface area contributed by atoms with E-state index in [1.54, 1.807) is 40.7 Å². The van der Waals surface area contributed by atoms with Gasteiger partial charge in [0.15, 0.2) is 0 Å². The molecule has 0 spiro atoms. The molecule has 8 nitrogen and oxygen atoms in total. The summed E-state index contributed by atoms with van der Waals surface area (Å²) in [7, 11) is 0. The van der Waals surface area contributed by atoms with Gasteiger partial charge in [0, 0.05) is 35.8 Å². The Hall–Kier alpha value is -2.52. The van der Waals surface area contributed by atoms with Crippen LogP contribution in [0.2, 0.25) is 0 Å². The van der Waals surface area contributed by atoms with Gasteiger partial charge >= 0.3 is 0 Å². The van der Waals surface area contributed by atoms with Gasteiger partial charge in [0.2, 0.25) is 5.91 Å². The number of amides is 2. The molecular weight excluding hydrogens is 428 g/mol. The van der Waals surface area contributed by atoms with Crippen LogP contribution in [0.1, 0.15) is 54.2 Å². The van der Waals surface area contributed by atoms with Crippen LogP contribution >= 0.6 is 11.8 Å². The second kappa shape index (κ2) is 10.9. The quantitative estimate of drug-likeness (QED) is 0.530. The molecule has 1 aromatic heterocycles. The lowest BCUT2D eigenvalue weighted by molar-refractivity contribution is -0.122. The second-order valence-electron chi connectivity index (χ2n) is 8.04. The Bertz CT molecular complexity index is 938. The summed E-state index contributed by atoms with van der Waals surface area (Å²) in [5.74, 6) is 2.54. The SMILES string of the molecule is CCCCOc1ccc(C(=O)Nc2c3c(nn2CC(=O)NCC2CCCO2)CSC3)cc1. The first-order valence-corrected chi connectivity index (χ1v) is 12.4. The predicted octanol–water partition coefficient (Wildman–Crippen LogP) is 3.36. The summed E-state index contributed by atoms with van der Waals surface area (Å²) in [6.45, 7) is 4.10. The van der Waals surface area contributed by atoms with Gasteiger partial charge in [-0.3, -0.25) is 9.59 Å². The number of nitrogens with one attached hydrogen (secondary N) is 2. The van der Waals surface area contributed by atoms with Gasteiger partial charge in [-0.15, -0.1) is 0 Å². The number of carbonyl (C=O) groups excluding carboxylic acids is 2. The molecule has 32 heavy (non-hydrogen) atoms. The molecule has 2 aliphatic rings. The standard InChI is InChI=1S/C23H30N4O4S/c1-2-3-10-30-17-8-6-16(7-9-17)23(29)25-22-19-14-32-15-20(19)26-27(22)13-21(28)24-12-18-5-4-11-31-18/h6-9,18H,2-5,10-15H2,1H3,(H,24,28)(H,25,29). The Balaban J connectivity index is 1.40. The zero-order valence-electron chi connectivity index (χ0n) is 18.4. The normalized spacial score (nSPS) is 17.2. The van der Waals surface area contributed by atoms with Crippen LogP contribution in [-0.4, -0.2) is 47.5 Å². The number of carbonyl (C=O) groups is 2. The van der Waals surface area contributed by atoms with Crippen LogP contribution in [-0.2, 0) is 27.6 Å². The molecule has 0 bridgehead atoms. The van der Waals surface area contributed by atoms with Gasteiger partial charge in [0.1, 0.15) is 18.1 Å². The minimum Gasteiger partial charge on any atom is -0.494 e. The third-order valence-corrected chi connectivity index (χ3v) is 6.55. The first-order chi connectivity index (χ1) is 15.6. The Morgan fingerprint density at radius 1 is 1.28 bits per heavy atom. The molecule has 172 valence electrons. The fourth-order valence-corrected chi connectivity index (χ4v) is 4.80. The van der Waals surface area contributed by atoms with E-state index in [0.717, 1.165) is 60.8 Å². The number of nitrogens with zero attached hydrogens (tertiary/aromatic N) is 2. The van der Waals surface area contributed by atoms with Gasteiger partial charge in [-0.2, -0.15) is 16.9 Å². The smallest absolute Gasteiger partial charge is 0.256 e. The monoisotopic (exact) mass is 458 g/mol. The summed E-state index contributed by atoms with van der Waals surface area (Å²) < 4.78 is 12.8. The molecule has 1 aromatic carbocycles. The number of thioether (sulfide) groups is 1. The van der Waals surface area contributed by atoms with Crippen LogP contribution < -0.4 is 15.4 Å². The number of ether oxygens (including phenoxy) is 2. The number of anilines is 1. The predicted molar refractivity (Wildman–Crippen MR) is 124 cm³/mol. The lowest BCUT2D eigenvalue weighted by Gasteiger charge is -2.13. The Morgan fingerprint density at radius 2 is 2.12 bits per heavy atom. The van der Waals surface area contributed by atoms with Crippen molar-refractivity contribution in [3.63, 3.8) is 0 Å². The molecule has 1 atom stereocenters. The molecule has 1 fully saturated rings. The van der Waals surface area contributed by atoms with Gasteiger partial charge in [-0.1, -0.05) is 13.3 Å². The molecule has 1 saturated heterocycles. The second-order valence-corrected chi connectivity index (χ2v) is 9.03. The summed E-state index contributed by atoms with van der Waals surface area (Å²) >= 11 is 1.75. The summed E-state index contributed by atoms with van der Waals surface area (Å²) in [5, 5.41) is 10.5. The van der Waals surface area contributed by atoms with Crippen LogP contribution in [0.3, 0.4) is 0 Å². The van der Waals surface area contributed by atoms with Crippen LogP contribution in [0, 0.1) is 0 Å². The molecule has 0 aliphatic carbocycles. The van der Waals surface area contributed by atoms with Crippen molar-refractivity contribution in [2.24, 2.45) is 0 Å². The zero-order valence-corrected chi connectivity index (χ0v) is 19.2. The molecule has 9 heteroatoms. The maximum absolute atomic E-state index is 12.9. The average molecular weight is 459 g/mol. The highest BCUT2D eigenvalue weighted by molar-refractivity contribution is 7.98. The number of benzene rings is 1. The topological polar surface area (TPSA) is 94.5 Å². The van der Waals surface area contributed by atoms with Crippen molar-refractivity contribution < 1.29 is 19.1 Å². The van der Waals surface area contributed by atoms with Crippen LogP contribution in [0.4, 0.5) is 5.82 Å². The van der Waals surface area contributed by atoms with Crippen LogP contribution in [0.25, 0.3) is 0 Å². The van der Waals surface area contributed by atoms with E-state index < -0.39 is 0 Å². The van der Waals surface area contributed by atoms with E-state index in [1.807, 2.05) is 0 Å². The van der Waals surface area contributed by atoms with Crippen molar-refractivity contribution >= 4 is 29.4 Å². The molecular formula is C23H30N4O4S. The number of hydrogen-bond donors (Lipinski definition) is 2. The summed E-state index contributed by atoms with van der Waals surface area (Å²) in [5.41, 5.74) is 2.45. The molecule has 4 rings (SSSR count). The van der Waals surface area contributed by atoms with E-state index in [4.69, 9.17) is 9.47 Å². The van der Waals surface area contributed by atoms with Crippen molar-refractivity contribution in [2.75, 3.05) is 25.1 Å². The Labute approximate surface area is 192 Å². The first-order valence-electron chi connectivity index (χ1n) is 11.2. The molecule has 1 unspecified atom stereocenters. The van der Waals surface area contributed by atoms with E-state index in [1.165, 1.54) is 0 Å². The van der Waals surface area contributed by atoms with E-state index >= 15 is 0 Å². The highest BCUT2D eigenvalue weighted by Crippen LogP contribution is 2.35. The van der Waals surface area contributed by atoms with Crippen molar-refractivity contribution in [2.45, 2.75) is 56.8 Å². The van der Waals surface area contributed by atoms with E-state index in [2.05, 4.69) is 22.7 Å². The highest BCUT2D eigenvalue weighted by Gasteiger charge is 2.25. The minimum absolute atomic E-state index is 0.0597. The lowest BCUT2D eigenvalue weighted by atomic mass is 10.2. The molecule has 2 amide bonds. The lowest BCUT2D eigenvalue weighted by Crippen LogP contribution is -2.34. The zero-order chi connectivity index (χ0) is 22.3. The fourth-order valence-electron chi connectivity index (χ4n) is 3.76. The third-order valence-electron chi connectivity index (χ3n) is 5.58. The Morgan fingerprint density at radius 3 is 2.88 bits per heavy atom. The van der Waals surface area contributed by atoms with Crippen LogP contribution in [0.15, 0.2) is 24.3 Å². The maximum Gasteiger partial charge on any atom is 0.256 e. The molecule has 0 saturated carbocycles. The van der Waals surface area contributed by atoms with Crippen molar-refractivity contribution in [1.82, 2.24) is 15.1 Å². The molecule has 2 N–H and O–H groups in total. The number of aromatic nitrogens is 2. The summed E-state index contributed by atoms with van der Waals surface area (Å²) in [6, 6.07) is 7.11. The van der Waals surface area contributed by atoms with E-state index in [-0.39, 0.29) is 24.5 Å². The van der Waals surface area contributed by atoms with E-state index in [0.29, 0.717) is 24.5 Å². The fraction of sp³-hybridized carbons (Fsp3) is 0.522. The first kappa shape index (κ1) is 22.7. The summed E-state index contributed by atoms with van der Waals surface area (Å²) in [6.07, 6.45) is 4.16. The Kier molecular flexibility index (Phi) is 7.70. The van der Waals surface area contributed by atoms with Gasteiger partial charge in [-0.25, -0.2) is 4.68 Å². The number of fused-ring (bicyclic) bond motifs is 1. The number of hydrogen-bond acceptors (Lipinski definition) is 6. The third kappa shape index (κ3) is 5.63. The van der Waals surface area contributed by atoms with Gasteiger partial charge in [0.25, 0.3) is 5.91 Å². The number of rotatable bonds is 10. The van der Waals surface area contributed by atoms with Crippen molar-refractivity contribution in [1.29, 1.82) is 0 Å². The van der Waals surface area contributed by atoms with Gasteiger partial charge in [-0.05, 0) is 43.5 Å². The highest BCUT2D eigenvalue weighted by atomic mass is 32.2. The molecule has 0 radical (unpaired) electrons. The largest absolute Gasteiger partial charge is 0.494 e. The minimum atomic E-state index is -0.231. The molecule has 2 aliphatic heterocycles.